The van der Waals surface area contributed by atoms with Gasteiger partial charge in [0.2, 0.25) is 5.89 Å². The Hall–Kier alpha value is -2.92. The zero-order valence-electron chi connectivity index (χ0n) is 12.9. The van der Waals surface area contributed by atoms with E-state index < -0.39 is 0 Å². The lowest BCUT2D eigenvalue weighted by atomic mass is 10.1. The molecule has 0 spiro atoms. The van der Waals surface area contributed by atoms with Gasteiger partial charge in [0.25, 0.3) is 5.91 Å². The third-order valence-corrected chi connectivity index (χ3v) is 3.51. The van der Waals surface area contributed by atoms with Crippen LogP contribution in [0.2, 0.25) is 0 Å². The van der Waals surface area contributed by atoms with Crippen LogP contribution in [0.25, 0.3) is 22.8 Å². The molecule has 0 aliphatic heterocycles. The lowest BCUT2D eigenvalue weighted by molar-refractivity contribution is -0.0756. The molecule has 0 aliphatic carbocycles. The topological polar surface area (TPSA) is 55.6 Å². The van der Waals surface area contributed by atoms with Crippen molar-refractivity contribution >= 4 is 5.91 Å². The fraction of sp³-hybridized carbons (Fsp3) is 0.111. The maximum absolute atomic E-state index is 12.4. The van der Waals surface area contributed by atoms with Gasteiger partial charge in [-0.1, -0.05) is 42.5 Å². The second-order valence-corrected chi connectivity index (χ2v) is 4.93. The first-order valence-corrected chi connectivity index (χ1v) is 7.13. The van der Waals surface area contributed by atoms with Crippen molar-refractivity contribution in [2.24, 2.45) is 0 Å². The summed E-state index contributed by atoms with van der Waals surface area (Å²) < 4.78 is 5.84. The number of hydroxylamine groups is 2. The maximum Gasteiger partial charge on any atom is 0.277 e. The Morgan fingerprint density at radius 1 is 1.09 bits per heavy atom. The summed E-state index contributed by atoms with van der Waals surface area (Å²) >= 11 is 0. The molecule has 3 aromatic rings. The van der Waals surface area contributed by atoms with Crippen LogP contribution in [0.3, 0.4) is 0 Å². The van der Waals surface area contributed by atoms with Gasteiger partial charge in [0.1, 0.15) is 0 Å². The summed E-state index contributed by atoms with van der Waals surface area (Å²) in [6.45, 7) is 0. The summed E-state index contributed by atoms with van der Waals surface area (Å²) in [7, 11) is 3.00. The molecule has 5 heteroatoms. The lowest BCUT2D eigenvalue weighted by Crippen LogP contribution is -2.25. The molecule has 1 aromatic heterocycles. The predicted molar refractivity (Wildman–Crippen MR) is 86.5 cm³/mol. The van der Waals surface area contributed by atoms with Crippen molar-refractivity contribution in [3.8, 4) is 22.8 Å². The van der Waals surface area contributed by atoms with Gasteiger partial charge in [-0.15, -0.1) is 0 Å². The molecule has 2 aromatic carbocycles. The molecule has 0 atom stereocenters. The Kier molecular flexibility index (Phi) is 4.21. The summed E-state index contributed by atoms with van der Waals surface area (Å²) in [6, 6.07) is 16.9. The summed E-state index contributed by atoms with van der Waals surface area (Å²) in [5, 5.41) is 1.17. The normalized spacial score (nSPS) is 10.5. The van der Waals surface area contributed by atoms with E-state index in [1.165, 1.54) is 12.2 Å². The lowest BCUT2D eigenvalue weighted by Gasteiger charge is -2.15. The van der Waals surface area contributed by atoms with Crippen LogP contribution >= 0.6 is 0 Å². The van der Waals surface area contributed by atoms with Crippen molar-refractivity contribution in [1.82, 2.24) is 10.0 Å². The smallest absolute Gasteiger partial charge is 0.277 e. The molecule has 0 saturated carbocycles. The molecular formula is C18H16N2O3. The summed E-state index contributed by atoms with van der Waals surface area (Å²) in [5.74, 6) is 0.794. The van der Waals surface area contributed by atoms with Gasteiger partial charge in [-0.2, -0.15) is 0 Å². The average Bonchev–Trinajstić information content (AvgIpc) is 3.11. The van der Waals surface area contributed by atoms with Crippen molar-refractivity contribution in [3.63, 3.8) is 0 Å². The predicted octanol–water partition coefficient (Wildman–Crippen LogP) is 3.64. The van der Waals surface area contributed by atoms with E-state index in [9.17, 15) is 4.79 Å². The molecule has 0 saturated heterocycles. The van der Waals surface area contributed by atoms with Gasteiger partial charge >= 0.3 is 0 Å². The fourth-order valence-electron chi connectivity index (χ4n) is 2.24. The Bertz CT molecular complexity index is 812. The monoisotopic (exact) mass is 308 g/mol. The van der Waals surface area contributed by atoms with Crippen LogP contribution in [-0.2, 0) is 4.84 Å². The van der Waals surface area contributed by atoms with Gasteiger partial charge in [0, 0.05) is 18.2 Å². The van der Waals surface area contributed by atoms with Gasteiger partial charge in [0.05, 0.1) is 18.9 Å². The van der Waals surface area contributed by atoms with Gasteiger partial charge in [0.15, 0.2) is 5.76 Å². The van der Waals surface area contributed by atoms with Crippen molar-refractivity contribution < 1.29 is 14.0 Å². The molecule has 0 aliphatic rings. The summed E-state index contributed by atoms with van der Waals surface area (Å²) in [6.07, 6.45) is 1.66. The van der Waals surface area contributed by atoms with Crippen molar-refractivity contribution in [1.29, 1.82) is 0 Å². The molecule has 0 radical (unpaired) electrons. The van der Waals surface area contributed by atoms with Crippen LogP contribution in [0.4, 0.5) is 0 Å². The third-order valence-electron chi connectivity index (χ3n) is 3.51. The summed E-state index contributed by atoms with van der Waals surface area (Å²) in [4.78, 5) is 21.7. The Morgan fingerprint density at radius 3 is 2.52 bits per heavy atom. The number of amides is 1. The maximum atomic E-state index is 12.4. The van der Waals surface area contributed by atoms with E-state index in [0.29, 0.717) is 22.8 Å². The first-order chi connectivity index (χ1) is 11.2. The van der Waals surface area contributed by atoms with Crippen LogP contribution in [0.15, 0.2) is 65.2 Å². The molecule has 1 amide bonds. The molecular weight excluding hydrogens is 292 g/mol. The SMILES string of the molecule is CON(C)C(=O)c1ccccc1-c1ncc(-c2ccccc2)o1. The molecule has 0 fully saturated rings. The van der Waals surface area contributed by atoms with Gasteiger partial charge < -0.3 is 4.42 Å². The van der Waals surface area contributed by atoms with E-state index in [1.807, 2.05) is 36.4 Å². The van der Waals surface area contributed by atoms with Crippen molar-refractivity contribution in [2.45, 2.75) is 0 Å². The zero-order valence-corrected chi connectivity index (χ0v) is 12.9. The first kappa shape index (κ1) is 15.0. The number of benzene rings is 2. The zero-order chi connectivity index (χ0) is 16.2. The van der Waals surface area contributed by atoms with E-state index >= 15 is 0 Å². The van der Waals surface area contributed by atoms with E-state index in [1.54, 1.807) is 31.4 Å². The van der Waals surface area contributed by atoms with Crippen LogP contribution in [-0.4, -0.2) is 30.1 Å². The molecule has 1 heterocycles. The van der Waals surface area contributed by atoms with E-state index in [4.69, 9.17) is 9.25 Å². The highest BCUT2D eigenvalue weighted by atomic mass is 16.7. The van der Waals surface area contributed by atoms with E-state index in [-0.39, 0.29) is 5.91 Å². The fourth-order valence-corrected chi connectivity index (χ4v) is 2.24. The van der Waals surface area contributed by atoms with Crippen LogP contribution in [0.5, 0.6) is 0 Å². The number of hydrogen-bond acceptors (Lipinski definition) is 4. The number of oxazole rings is 1. The number of aromatic nitrogens is 1. The standard InChI is InChI=1S/C18H16N2O3/c1-20(22-2)18(21)15-11-7-6-10-14(15)17-19-12-16(23-17)13-8-4-3-5-9-13/h3-12H,1-2H3. The van der Waals surface area contributed by atoms with E-state index in [2.05, 4.69) is 4.98 Å². The minimum Gasteiger partial charge on any atom is -0.436 e. The Balaban J connectivity index is 2.00. The number of carbonyl (C=O) groups excluding carboxylic acids is 1. The molecule has 0 N–H and O–H groups in total. The van der Waals surface area contributed by atoms with Crippen LogP contribution in [0.1, 0.15) is 10.4 Å². The van der Waals surface area contributed by atoms with Gasteiger partial charge in [-0.25, -0.2) is 10.0 Å². The second kappa shape index (κ2) is 6.46. The van der Waals surface area contributed by atoms with Gasteiger partial charge in [-0.3, -0.25) is 9.63 Å². The number of nitrogens with zero attached hydrogens (tertiary/aromatic N) is 2. The highest BCUT2D eigenvalue weighted by Crippen LogP contribution is 2.28. The first-order valence-electron chi connectivity index (χ1n) is 7.13. The van der Waals surface area contributed by atoms with Gasteiger partial charge in [-0.05, 0) is 12.1 Å². The Labute approximate surface area is 134 Å². The quantitative estimate of drug-likeness (QED) is 0.690. The van der Waals surface area contributed by atoms with Crippen molar-refractivity contribution in [3.05, 3.63) is 66.4 Å². The molecule has 0 unspecified atom stereocenters. The van der Waals surface area contributed by atoms with Crippen LogP contribution < -0.4 is 0 Å². The molecule has 23 heavy (non-hydrogen) atoms. The summed E-state index contributed by atoms with van der Waals surface area (Å²) in [5.41, 5.74) is 2.03. The molecule has 116 valence electrons. The number of rotatable bonds is 4. The second-order valence-electron chi connectivity index (χ2n) is 4.93. The average molecular weight is 308 g/mol. The largest absolute Gasteiger partial charge is 0.436 e. The molecule has 3 rings (SSSR count). The minimum absolute atomic E-state index is 0.262. The minimum atomic E-state index is -0.262. The van der Waals surface area contributed by atoms with E-state index in [0.717, 1.165) is 5.56 Å². The highest BCUT2D eigenvalue weighted by molar-refractivity contribution is 5.99. The third kappa shape index (κ3) is 3.00. The molecule has 5 nitrogen and oxygen atoms in total. The number of hydrogen-bond donors (Lipinski definition) is 0. The Morgan fingerprint density at radius 2 is 1.78 bits per heavy atom. The van der Waals surface area contributed by atoms with Crippen molar-refractivity contribution in [2.75, 3.05) is 14.2 Å². The highest BCUT2D eigenvalue weighted by Gasteiger charge is 2.19. The number of carbonyl (C=O) groups is 1. The van der Waals surface area contributed by atoms with Crippen LogP contribution in [0, 0.1) is 0 Å². The molecule has 0 bridgehead atoms.